The van der Waals surface area contributed by atoms with Crippen LogP contribution in [-0.4, -0.2) is 49.7 Å². The van der Waals surface area contributed by atoms with Crippen molar-refractivity contribution in [2.24, 2.45) is 0 Å². The quantitative estimate of drug-likeness (QED) is 0.483. The predicted molar refractivity (Wildman–Crippen MR) is 129 cm³/mol. The molecule has 2 atom stereocenters. The molecule has 0 radical (unpaired) electrons. The number of nitrogens with one attached hydrogen (secondary N) is 3. The summed E-state index contributed by atoms with van der Waals surface area (Å²) in [4.78, 5) is 19.4. The van der Waals surface area contributed by atoms with Crippen LogP contribution in [0.15, 0.2) is 36.4 Å². The molecule has 0 aliphatic carbocycles. The molecule has 0 unspecified atom stereocenters. The van der Waals surface area contributed by atoms with Crippen LogP contribution in [0, 0.1) is 0 Å². The summed E-state index contributed by atoms with van der Waals surface area (Å²) < 4.78 is 39.0. The van der Waals surface area contributed by atoms with E-state index in [0.717, 1.165) is 36.1 Å². The number of benzene rings is 1. The zero-order chi connectivity index (χ0) is 23.9. The van der Waals surface area contributed by atoms with Gasteiger partial charge in [-0.1, -0.05) is 12.1 Å². The van der Waals surface area contributed by atoms with Gasteiger partial charge in [0.2, 0.25) is 0 Å². The Hall–Kier alpha value is -2.85. The number of nitrogens with zero attached hydrogens (tertiary/aromatic N) is 2. The molecule has 5 rings (SSSR count). The number of amides is 1. The molecule has 0 saturated carbocycles. The monoisotopic (exact) mass is 489 g/mol. The molecule has 6 nitrogen and oxygen atoms in total. The highest BCUT2D eigenvalue weighted by atomic mass is 32.1. The Morgan fingerprint density at radius 1 is 1.15 bits per heavy atom. The van der Waals surface area contributed by atoms with E-state index in [1.165, 1.54) is 24.6 Å². The normalized spacial score (nSPS) is 20.1. The number of thiophene rings is 1. The fourth-order valence-corrected chi connectivity index (χ4v) is 5.92. The molecule has 2 fully saturated rings. The predicted octanol–water partition coefficient (Wildman–Crippen LogP) is 4.27. The maximum Gasteiger partial charge on any atom is 0.433 e. The molecule has 2 aromatic heterocycles. The minimum atomic E-state index is -4.53. The van der Waals surface area contributed by atoms with Crippen LogP contribution < -0.4 is 20.9 Å². The van der Waals surface area contributed by atoms with E-state index in [-0.39, 0.29) is 10.7 Å². The van der Waals surface area contributed by atoms with Crippen molar-refractivity contribution < 1.29 is 18.0 Å². The van der Waals surface area contributed by atoms with Crippen molar-refractivity contribution in [1.29, 1.82) is 0 Å². The van der Waals surface area contributed by atoms with Gasteiger partial charge >= 0.3 is 6.18 Å². The third-order valence-corrected chi connectivity index (χ3v) is 7.62. The van der Waals surface area contributed by atoms with E-state index in [2.05, 4.69) is 50.1 Å². The van der Waals surface area contributed by atoms with Crippen molar-refractivity contribution in [2.45, 2.75) is 37.5 Å². The van der Waals surface area contributed by atoms with Crippen molar-refractivity contribution in [3.05, 3.63) is 52.5 Å². The first kappa shape index (κ1) is 22.9. The Morgan fingerprint density at radius 2 is 1.85 bits per heavy atom. The number of hydrogen-bond acceptors (Lipinski definition) is 6. The minimum Gasteiger partial charge on any atom is -0.386 e. The van der Waals surface area contributed by atoms with Gasteiger partial charge in [-0.25, -0.2) is 4.98 Å². The van der Waals surface area contributed by atoms with Gasteiger partial charge in [-0.15, -0.1) is 11.3 Å². The van der Waals surface area contributed by atoms with Gasteiger partial charge in [-0.05, 0) is 49.1 Å². The Bertz CT molecular complexity index is 1180. The van der Waals surface area contributed by atoms with Gasteiger partial charge in [0, 0.05) is 49.8 Å². The molecule has 180 valence electrons. The number of halogens is 3. The lowest BCUT2D eigenvalue weighted by molar-refractivity contribution is -0.140. The first-order valence-corrected chi connectivity index (χ1v) is 12.2. The summed E-state index contributed by atoms with van der Waals surface area (Å²) >= 11 is 0.960. The molecule has 3 N–H and O–H groups in total. The molecule has 1 amide bonds. The van der Waals surface area contributed by atoms with E-state index in [9.17, 15) is 18.0 Å². The first-order valence-electron chi connectivity index (χ1n) is 11.4. The van der Waals surface area contributed by atoms with Crippen molar-refractivity contribution in [3.8, 4) is 0 Å². The average Bonchev–Trinajstić information content (AvgIpc) is 3.37. The Labute approximate surface area is 199 Å². The van der Waals surface area contributed by atoms with E-state index in [1.807, 2.05) is 0 Å². The number of carbonyl (C=O) groups excluding carboxylic acids is 1. The summed E-state index contributed by atoms with van der Waals surface area (Å²) in [5.41, 5.74) is 1.87. The fraction of sp³-hybridized carbons (Fsp3) is 0.417. The van der Waals surface area contributed by atoms with Gasteiger partial charge in [0.15, 0.2) is 0 Å². The molecule has 4 heterocycles. The number of piperazine rings is 1. The van der Waals surface area contributed by atoms with Crippen LogP contribution >= 0.6 is 11.3 Å². The molecular formula is C24H26F3N5OS. The van der Waals surface area contributed by atoms with Gasteiger partial charge in [-0.3, -0.25) is 4.79 Å². The molecule has 2 aliphatic heterocycles. The second-order valence-electron chi connectivity index (χ2n) is 8.82. The number of anilines is 2. The van der Waals surface area contributed by atoms with E-state index in [1.54, 1.807) is 7.05 Å². The van der Waals surface area contributed by atoms with Crippen molar-refractivity contribution in [2.75, 3.05) is 36.9 Å². The highest BCUT2D eigenvalue weighted by molar-refractivity contribution is 7.21. The van der Waals surface area contributed by atoms with Gasteiger partial charge in [0.1, 0.15) is 15.4 Å². The minimum absolute atomic E-state index is 0.182. The number of rotatable bonds is 6. The summed E-state index contributed by atoms with van der Waals surface area (Å²) in [7, 11) is 1.64. The summed E-state index contributed by atoms with van der Waals surface area (Å²) in [6, 6.07) is 11.9. The van der Waals surface area contributed by atoms with Crippen molar-refractivity contribution in [1.82, 2.24) is 15.6 Å². The lowest BCUT2D eigenvalue weighted by atomic mass is 10.1. The third kappa shape index (κ3) is 4.56. The van der Waals surface area contributed by atoms with E-state index >= 15 is 0 Å². The van der Waals surface area contributed by atoms with Crippen LogP contribution in [0.25, 0.3) is 10.2 Å². The first-order chi connectivity index (χ1) is 16.3. The average molecular weight is 490 g/mol. The van der Waals surface area contributed by atoms with Crippen LogP contribution in [0.4, 0.5) is 24.5 Å². The molecule has 2 bridgehead atoms. The largest absolute Gasteiger partial charge is 0.433 e. The lowest BCUT2D eigenvalue weighted by Gasteiger charge is -2.34. The standard InChI is InChI=1S/C24H26F3N5OS/c1-28-20-18-8-9-19(24(25,26)27)31-23(18)34-21(20)22(33)29-11-10-14-2-6-17(7-3-14)32-12-15-4-5-16(13-32)30-15/h2-3,6-9,15-16,28,30H,4-5,10-13H2,1H3,(H,29,33)/t15-,16+. The van der Waals surface area contributed by atoms with E-state index in [4.69, 9.17) is 0 Å². The smallest absolute Gasteiger partial charge is 0.386 e. The van der Waals surface area contributed by atoms with Crippen LogP contribution in [-0.2, 0) is 12.6 Å². The molecule has 10 heteroatoms. The van der Waals surface area contributed by atoms with Crippen LogP contribution in [0.5, 0.6) is 0 Å². The maximum atomic E-state index is 13.0. The van der Waals surface area contributed by atoms with Crippen LogP contribution in [0.2, 0.25) is 0 Å². The van der Waals surface area contributed by atoms with E-state index in [0.29, 0.717) is 41.0 Å². The lowest BCUT2D eigenvalue weighted by Crippen LogP contribution is -2.51. The highest BCUT2D eigenvalue weighted by Crippen LogP contribution is 2.37. The Morgan fingerprint density at radius 3 is 2.50 bits per heavy atom. The molecule has 2 aliphatic rings. The van der Waals surface area contributed by atoms with Crippen molar-refractivity contribution >= 4 is 38.8 Å². The second-order valence-corrected chi connectivity index (χ2v) is 9.82. The van der Waals surface area contributed by atoms with E-state index < -0.39 is 11.9 Å². The van der Waals surface area contributed by atoms with Gasteiger partial charge in [0.05, 0.1) is 5.69 Å². The molecule has 34 heavy (non-hydrogen) atoms. The molecular weight excluding hydrogens is 463 g/mol. The van der Waals surface area contributed by atoms with Gasteiger partial charge < -0.3 is 20.9 Å². The molecule has 2 saturated heterocycles. The molecule has 0 spiro atoms. The van der Waals surface area contributed by atoms with Gasteiger partial charge in [0.25, 0.3) is 5.91 Å². The van der Waals surface area contributed by atoms with Gasteiger partial charge in [-0.2, -0.15) is 13.2 Å². The Kier molecular flexibility index (Phi) is 6.11. The summed E-state index contributed by atoms with van der Waals surface area (Å²) in [6.45, 7) is 2.50. The number of alkyl halides is 3. The van der Waals surface area contributed by atoms with Crippen LogP contribution in [0.3, 0.4) is 0 Å². The number of pyridine rings is 1. The second kappa shape index (κ2) is 9.07. The number of aromatic nitrogens is 1. The number of carbonyl (C=O) groups is 1. The zero-order valence-electron chi connectivity index (χ0n) is 18.7. The zero-order valence-corrected chi connectivity index (χ0v) is 19.5. The number of fused-ring (bicyclic) bond motifs is 3. The SMILES string of the molecule is CNc1c(C(=O)NCCc2ccc(N3C[C@H]4CC[C@@H](C3)N4)cc2)sc2nc(C(F)(F)F)ccc12. The highest BCUT2D eigenvalue weighted by Gasteiger charge is 2.34. The van der Waals surface area contributed by atoms with Crippen molar-refractivity contribution in [3.63, 3.8) is 0 Å². The number of hydrogen-bond donors (Lipinski definition) is 3. The van der Waals surface area contributed by atoms with Crippen LogP contribution in [0.1, 0.15) is 33.8 Å². The fourth-order valence-electron chi connectivity index (χ4n) is 4.83. The third-order valence-electron chi connectivity index (χ3n) is 6.52. The summed E-state index contributed by atoms with van der Waals surface area (Å²) in [5.74, 6) is -0.325. The molecule has 3 aromatic rings. The summed E-state index contributed by atoms with van der Waals surface area (Å²) in [6.07, 6.45) is -1.38. The molecule has 1 aromatic carbocycles. The summed E-state index contributed by atoms with van der Waals surface area (Å²) in [5, 5.41) is 9.96. The maximum absolute atomic E-state index is 13.0. The topological polar surface area (TPSA) is 69.3 Å². The Balaban J connectivity index is 1.21.